The van der Waals surface area contributed by atoms with Gasteiger partial charge in [-0.15, -0.1) is 0 Å². The first-order chi connectivity index (χ1) is 14.7. The minimum atomic E-state index is 0.264. The van der Waals surface area contributed by atoms with Crippen LogP contribution in [0.25, 0.3) is 11.2 Å². The molecule has 158 valence electrons. The fourth-order valence-electron chi connectivity index (χ4n) is 4.81. The largest absolute Gasteiger partial charge is 0.312 e. The van der Waals surface area contributed by atoms with Crippen molar-refractivity contribution in [2.24, 2.45) is 5.92 Å². The van der Waals surface area contributed by atoms with E-state index >= 15 is 0 Å². The summed E-state index contributed by atoms with van der Waals surface area (Å²) in [5.74, 6) is 1.37. The lowest BCUT2D eigenvalue weighted by molar-refractivity contribution is 0.216. The molecule has 2 aromatic heterocycles. The molecule has 3 aromatic rings. The van der Waals surface area contributed by atoms with E-state index in [9.17, 15) is 0 Å². The van der Waals surface area contributed by atoms with E-state index in [0.717, 1.165) is 48.5 Å². The number of halogens is 2. The summed E-state index contributed by atoms with van der Waals surface area (Å²) in [6.45, 7) is 1.91. The van der Waals surface area contributed by atoms with Crippen LogP contribution >= 0.6 is 23.2 Å². The highest BCUT2D eigenvalue weighted by Gasteiger charge is 2.24. The van der Waals surface area contributed by atoms with Crippen LogP contribution in [0.3, 0.4) is 0 Å². The summed E-state index contributed by atoms with van der Waals surface area (Å²) in [6.07, 6.45) is 10.1. The molecule has 3 heterocycles. The number of hydrogen-bond acceptors (Lipinski definition) is 5. The van der Waals surface area contributed by atoms with E-state index < -0.39 is 0 Å². The molecular formula is C22H26Cl2N6. The zero-order valence-corrected chi connectivity index (χ0v) is 18.4. The number of imidazole rings is 1. The molecule has 0 amide bonds. The van der Waals surface area contributed by atoms with E-state index in [4.69, 9.17) is 23.2 Å². The Labute approximate surface area is 186 Å². The van der Waals surface area contributed by atoms with E-state index in [2.05, 4.69) is 42.1 Å². The minimum Gasteiger partial charge on any atom is -0.312 e. The monoisotopic (exact) mass is 444 g/mol. The van der Waals surface area contributed by atoms with Gasteiger partial charge in [0, 0.05) is 24.2 Å². The molecule has 0 unspecified atom stereocenters. The summed E-state index contributed by atoms with van der Waals surface area (Å²) in [5, 5.41) is 3.30. The third-order valence-corrected chi connectivity index (χ3v) is 6.81. The molecule has 1 saturated carbocycles. The van der Waals surface area contributed by atoms with Gasteiger partial charge in [0.2, 0.25) is 5.28 Å². The van der Waals surface area contributed by atoms with Crippen molar-refractivity contribution in [3.8, 4) is 0 Å². The van der Waals surface area contributed by atoms with Crippen molar-refractivity contribution in [3.63, 3.8) is 0 Å². The fraction of sp³-hybridized carbons (Fsp3) is 0.500. The maximum Gasteiger partial charge on any atom is 0.226 e. The summed E-state index contributed by atoms with van der Waals surface area (Å²) in [7, 11) is 0. The van der Waals surface area contributed by atoms with Crippen molar-refractivity contribution in [1.29, 1.82) is 0 Å². The van der Waals surface area contributed by atoms with Gasteiger partial charge in [-0.1, -0.05) is 36.6 Å². The van der Waals surface area contributed by atoms with Gasteiger partial charge in [-0.05, 0) is 67.3 Å². The molecule has 1 aliphatic heterocycles. The van der Waals surface area contributed by atoms with Gasteiger partial charge < -0.3 is 9.99 Å². The van der Waals surface area contributed by atoms with E-state index in [-0.39, 0.29) is 5.28 Å². The number of hydrazine groups is 1. The number of nitrogens with one attached hydrogen (secondary N) is 1. The number of nitrogens with zero attached hydrogens (tertiary/aromatic N) is 5. The molecule has 6 nitrogen and oxygen atoms in total. The third kappa shape index (κ3) is 4.27. The SMILES string of the molecule is Clc1cccc(CC2CCN(Nc3nc(Cl)nc4c3ncn4C3CCCC3)CC2)c1. The molecule has 0 spiro atoms. The van der Waals surface area contributed by atoms with Crippen molar-refractivity contribution < 1.29 is 0 Å². The number of aromatic nitrogens is 4. The summed E-state index contributed by atoms with van der Waals surface area (Å²) in [4.78, 5) is 13.6. The van der Waals surface area contributed by atoms with Crippen LogP contribution in [0.2, 0.25) is 10.3 Å². The van der Waals surface area contributed by atoms with Crippen molar-refractivity contribution in [1.82, 2.24) is 24.5 Å². The predicted molar refractivity (Wildman–Crippen MR) is 121 cm³/mol. The molecule has 2 fully saturated rings. The lowest BCUT2D eigenvalue weighted by atomic mass is 9.91. The van der Waals surface area contributed by atoms with Crippen LogP contribution < -0.4 is 5.43 Å². The van der Waals surface area contributed by atoms with Gasteiger partial charge in [-0.3, -0.25) is 0 Å². The van der Waals surface area contributed by atoms with Crippen molar-refractivity contribution in [2.75, 3.05) is 18.5 Å². The topological polar surface area (TPSA) is 58.9 Å². The minimum absolute atomic E-state index is 0.264. The van der Waals surface area contributed by atoms with Crippen LogP contribution in [0.4, 0.5) is 5.82 Å². The first kappa shape index (κ1) is 20.0. The Balaban J connectivity index is 1.26. The average molecular weight is 445 g/mol. The molecule has 2 aliphatic rings. The number of benzene rings is 1. The Kier molecular flexibility index (Phi) is 5.81. The average Bonchev–Trinajstić information content (AvgIpc) is 3.39. The summed E-state index contributed by atoms with van der Waals surface area (Å²) >= 11 is 12.4. The van der Waals surface area contributed by atoms with Gasteiger partial charge in [0.25, 0.3) is 0 Å². The first-order valence-electron chi connectivity index (χ1n) is 10.8. The second kappa shape index (κ2) is 8.69. The van der Waals surface area contributed by atoms with Crippen LogP contribution in [-0.4, -0.2) is 37.6 Å². The van der Waals surface area contributed by atoms with Crippen molar-refractivity contribution in [2.45, 2.75) is 51.0 Å². The quantitative estimate of drug-likeness (QED) is 0.524. The number of fused-ring (bicyclic) bond motifs is 1. The van der Waals surface area contributed by atoms with E-state index in [1.165, 1.54) is 31.2 Å². The number of piperidine rings is 1. The molecule has 1 aliphatic carbocycles. The molecular weight excluding hydrogens is 419 g/mol. The summed E-state index contributed by atoms with van der Waals surface area (Å²) in [5.41, 5.74) is 6.41. The fourth-order valence-corrected chi connectivity index (χ4v) is 5.19. The second-order valence-electron chi connectivity index (χ2n) is 8.48. The van der Waals surface area contributed by atoms with Crippen molar-refractivity contribution >= 4 is 40.2 Å². The van der Waals surface area contributed by atoms with Gasteiger partial charge in [0.15, 0.2) is 17.0 Å². The van der Waals surface area contributed by atoms with Gasteiger partial charge in [-0.2, -0.15) is 9.97 Å². The highest BCUT2D eigenvalue weighted by molar-refractivity contribution is 6.30. The molecule has 0 radical (unpaired) electrons. The Bertz CT molecular complexity index is 1020. The Morgan fingerprint density at radius 2 is 1.83 bits per heavy atom. The Hall–Kier alpha value is -1.89. The van der Waals surface area contributed by atoms with Crippen LogP contribution in [0.1, 0.15) is 50.1 Å². The zero-order valence-electron chi connectivity index (χ0n) is 16.9. The highest BCUT2D eigenvalue weighted by atomic mass is 35.5. The maximum absolute atomic E-state index is 6.27. The maximum atomic E-state index is 6.27. The van der Waals surface area contributed by atoms with Gasteiger partial charge in [0.1, 0.15) is 0 Å². The molecule has 1 N–H and O–H groups in total. The number of anilines is 1. The summed E-state index contributed by atoms with van der Waals surface area (Å²) in [6, 6.07) is 8.67. The van der Waals surface area contributed by atoms with Gasteiger partial charge >= 0.3 is 0 Å². The smallest absolute Gasteiger partial charge is 0.226 e. The molecule has 1 aromatic carbocycles. The Morgan fingerprint density at radius 3 is 2.60 bits per heavy atom. The third-order valence-electron chi connectivity index (χ3n) is 6.40. The Morgan fingerprint density at radius 1 is 1.03 bits per heavy atom. The molecule has 5 rings (SSSR count). The molecule has 8 heteroatoms. The van der Waals surface area contributed by atoms with E-state index in [1.807, 2.05) is 18.5 Å². The molecule has 0 atom stereocenters. The second-order valence-corrected chi connectivity index (χ2v) is 9.25. The number of hydrogen-bond donors (Lipinski definition) is 1. The standard InChI is InChI=1S/C22H26Cl2N6/c23-17-5-3-4-16(13-17)12-15-8-10-29(11-9-15)28-20-19-21(27-22(24)26-20)30(14-25-19)18-6-1-2-7-18/h3-5,13-15,18H,1-2,6-12H2,(H,26,27,28). The molecule has 1 saturated heterocycles. The van der Waals surface area contributed by atoms with Crippen LogP contribution in [-0.2, 0) is 6.42 Å². The molecule has 30 heavy (non-hydrogen) atoms. The number of rotatable bonds is 5. The van der Waals surface area contributed by atoms with Crippen LogP contribution in [0.15, 0.2) is 30.6 Å². The van der Waals surface area contributed by atoms with E-state index in [0.29, 0.717) is 17.8 Å². The van der Waals surface area contributed by atoms with Gasteiger partial charge in [-0.25, -0.2) is 9.99 Å². The zero-order chi connectivity index (χ0) is 20.5. The first-order valence-corrected chi connectivity index (χ1v) is 11.6. The van der Waals surface area contributed by atoms with E-state index in [1.54, 1.807) is 0 Å². The lowest BCUT2D eigenvalue weighted by Gasteiger charge is -2.32. The van der Waals surface area contributed by atoms with Crippen LogP contribution in [0.5, 0.6) is 0 Å². The molecule has 0 bridgehead atoms. The van der Waals surface area contributed by atoms with Crippen molar-refractivity contribution in [3.05, 3.63) is 46.5 Å². The normalized spacial score (nSPS) is 19.0. The lowest BCUT2D eigenvalue weighted by Crippen LogP contribution is -2.38. The summed E-state index contributed by atoms with van der Waals surface area (Å²) < 4.78 is 2.18. The van der Waals surface area contributed by atoms with Gasteiger partial charge in [0.05, 0.1) is 6.33 Å². The van der Waals surface area contributed by atoms with Crippen LogP contribution in [0, 0.1) is 5.92 Å². The predicted octanol–water partition coefficient (Wildman–Crippen LogP) is 5.53. The highest BCUT2D eigenvalue weighted by Crippen LogP contribution is 2.33.